The molecule has 0 saturated heterocycles. The number of para-hydroxylation sites is 1. The molecule has 0 aliphatic heterocycles. The largest absolute Gasteiger partial charge is 0.406 e. The maximum absolute atomic E-state index is 12.3. The molecule has 0 aliphatic rings. The number of aromatic nitrogens is 1. The summed E-state index contributed by atoms with van der Waals surface area (Å²) in [6, 6.07) is 6.21. The molecule has 1 aromatic heterocycles. The first-order valence-corrected chi connectivity index (χ1v) is 9.08. The van der Waals surface area contributed by atoms with E-state index in [4.69, 9.17) is 0 Å². The highest BCUT2D eigenvalue weighted by atomic mass is 19.4. The van der Waals surface area contributed by atoms with Crippen LogP contribution in [0.5, 0.6) is 0 Å². The van der Waals surface area contributed by atoms with Crippen molar-refractivity contribution in [3.8, 4) is 0 Å². The number of benzene rings is 1. The number of guanidine groups is 1. The number of halogens is 3. The normalized spacial score (nSPS) is 12.3. The minimum atomic E-state index is -4.42. The van der Waals surface area contributed by atoms with E-state index in [1.165, 1.54) is 10.9 Å². The molecule has 0 atom stereocenters. The van der Waals surface area contributed by atoms with Gasteiger partial charge in [0, 0.05) is 37.7 Å². The van der Waals surface area contributed by atoms with Crippen molar-refractivity contribution in [1.29, 1.82) is 0 Å². The van der Waals surface area contributed by atoms with Gasteiger partial charge in [-0.3, -0.25) is 9.79 Å². The number of nitrogens with zero attached hydrogens (tertiary/aromatic N) is 2. The van der Waals surface area contributed by atoms with E-state index in [-0.39, 0.29) is 6.54 Å². The van der Waals surface area contributed by atoms with Crippen LogP contribution in [-0.2, 0) is 17.6 Å². The summed E-state index contributed by atoms with van der Waals surface area (Å²) in [4.78, 5) is 19.7. The fourth-order valence-electron chi connectivity index (χ4n) is 2.96. The van der Waals surface area contributed by atoms with Crippen LogP contribution in [0.1, 0.15) is 18.1 Å². The average molecular weight is 397 g/mol. The standard InChI is InChI=1S/C19H26F3N5O/c1-4-13-6-5-7-15-14(10-25-17(13)15)8-9-24-18(23-2)26-11-16(28)27(3)12-19(20,21)22/h5-7,10,25H,4,8-9,11-12H2,1-3H3,(H2,23,24,26). The highest BCUT2D eigenvalue weighted by molar-refractivity contribution is 5.87. The number of aromatic amines is 1. The zero-order valence-electron chi connectivity index (χ0n) is 16.3. The third-order valence-electron chi connectivity index (χ3n) is 4.43. The minimum Gasteiger partial charge on any atom is -0.361 e. The Labute approximate surface area is 162 Å². The summed E-state index contributed by atoms with van der Waals surface area (Å²) >= 11 is 0. The van der Waals surface area contributed by atoms with E-state index in [9.17, 15) is 18.0 Å². The Bertz CT molecular complexity index is 829. The second-order valence-corrected chi connectivity index (χ2v) is 6.47. The molecule has 2 rings (SSSR count). The van der Waals surface area contributed by atoms with Crippen molar-refractivity contribution >= 4 is 22.8 Å². The lowest BCUT2D eigenvalue weighted by atomic mass is 10.1. The van der Waals surface area contributed by atoms with Crippen LogP contribution in [0.4, 0.5) is 13.2 Å². The summed E-state index contributed by atoms with van der Waals surface area (Å²) in [6.45, 7) is 1.13. The fraction of sp³-hybridized carbons (Fsp3) is 0.474. The van der Waals surface area contributed by atoms with Gasteiger partial charge in [0.1, 0.15) is 6.54 Å². The number of carbonyl (C=O) groups excluding carboxylic acids is 1. The highest BCUT2D eigenvalue weighted by Crippen LogP contribution is 2.22. The lowest BCUT2D eigenvalue weighted by molar-refractivity contribution is -0.157. The van der Waals surface area contributed by atoms with Crippen molar-refractivity contribution < 1.29 is 18.0 Å². The number of hydrogen-bond donors (Lipinski definition) is 3. The summed E-state index contributed by atoms with van der Waals surface area (Å²) in [6.07, 6.45) is -0.753. The second-order valence-electron chi connectivity index (χ2n) is 6.47. The van der Waals surface area contributed by atoms with Crippen LogP contribution < -0.4 is 10.6 Å². The third-order valence-corrected chi connectivity index (χ3v) is 4.43. The number of H-pyrrole nitrogens is 1. The monoisotopic (exact) mass is 397 g/mol. The average Bonchev–Trinajstić information content (AvgIpc) is 3.06. The fourth-order valence-corrected chi connectivity index (χ4v) is 2.96. The number of hydrogen-bond acceptors (Lipinski definition) is 2. The Balaban J connectivity index is 1.84. The van der Waals surface area contributed by atoms with Gasteiger partial charge in [-0.25, -0.2) is 0 Å². The SMILES string of the molecule is CCc1cccc2c(CCNC(=NC)NCC(=O)N(C)CC(F)(F)F)c[nH]c12. The molecule has 154 valence electrons. The van der Waals surface area contributed by atoms with Crippen molar-refractivity contribution in [2.24, 2.45) is 4.99 Å². The molecule has 0 unspecified atom stereocenters. The van der Waals surface area contributed by atoms with Gasteiger partial charge in [-0.05, 0) is 24.0 Å². The topological polar surface area (TPSA) is 72.5 Å². The molecule has 9 heteroatoms. The Morgan fingerprint density at radius 1 is 1.25 bits per heavy atom. The van der Waals surface area contributed by atoms with Gasteiger partial charge in [-0.1, -0.05) is 25.1 Å². The van der Waals surface area contributed by atoms with E-state index in [2.05, 4.69) is 39.7 Å². The molecule has 0 radical (unpaired) electrons. The van der Waals surface area contributed by atoms with Gasteiger partial charge in [0.05, 0.1) is 6.54 Å². The zero-order chi connectivity index (χ0) is 20.7. The number of carbonyl (C=O) groups is 1. The Kier molecular flexibility index (Phi) is 7.31. The number of rotatable bonds is 7. The predicted octanol–water partition coefficient (Wildman–Crippen LogP) is 2.46. The Morgan fingerprint density at radius 2 is 2.00 bits per heavy atom. The van der Waals surface area contributed by atoms with E-state index in [0.717, 1.165) is 31.0 Å². The van der Waals surface area contributed by atoms with Crippen LogP contribution in [0.25, 0.3) is 10.9 Å². The van der Waals surface area contributed by atoms with Crippen LogP contribution in [-0.4, -0.2) is 61.7 Å². The summed E-state index contributed by atoms with van der Waals surface area (Å²) in [5, 5.41) is 6.99. The van der Waals surface area contributed by atoms with Crippen molar-refractivity contribution in [3.05, 3.63) is 35.5 Å². The number of aliphatic imine (C=N–C) groups is 1. The lowest BCUT2D eigenvalue weighted by Gasteiger charge is -2.20. The first-order valence-electron chi connectivity index (χ1n) is 9.08. The maximum atomic E-state index is 12.3. The molecular formula is C19H26F3N5O. The highest BCUT2D eigenvalue weighted by Gasteiger charge is 2.31. The van der Waals surface area contributed by atoms with Gasteiger partial charge in [-0.15, -0.1) is 0 Å². The van der Waals surface area contributed by atoms with Gasteiger partial charge in [-0.2, -0.15) is 13.2 Å². The van der Waals surface area contributed by atoms with E-state index in [1.807, 2.05) is 12.3 Å². The molecule has 0 aliphatic carbocycles. The van der Waals surface area contributed by atoms with E-state index in [1.54, 1.807) is 7.05 Å². The van der Waals surface area contributed by atoms with Crippen LogP contribution in [0.15, 0.2) is 29.4 Å². The molecule has 0 spiro atoms. The van der Waals surface area contributed by atoms with Crippen LogP contribution in [0, 0.1) is 0 Å². The first kappa shape index (κ1) is 21.6. The molecule has 0 bridgehead atoms. The molecule has 1 heterocycles. The summed E-state index contributed by atoms with van der Waals surface area (Å²) < 4.78 is 37.0. The quantitative estimate of drug-likeness (QED) is 0.496. The lowest BCUT2D eigenvalue weighted by Crippen LogP contribution is -2.45. The molecule has 1 amide bonds. The Morgan fingerprint density at radius 3 is 2.64 bits per heavy atom. The Hall–Kier alpha value is -2.71. The number of aryl methyl sites for hydroxylation is 1. The van der Waals surface area contributed by atoms with Gasteiger partial charge in [0.2, 0.25) is 5.91 Å². The number of amides is 1. The van der Waals surface area contributed by atoms with Crippen LogP contribution >= 0.6 is 0 Å². The minimum absolute atomic E-state index is 0.265. The zero-order valence-corrected chi connectivity index (χ0v) is 16.3. The molecule has 0 fully saturated rings. The van der Waals surface area contributed by atoms with Gasteiger partial charge in [0.15, 0.2) is 5.96 Å². The van der Waals surface area contributed by atoms with Crippen LogP contribution in [0.2, 0.25) is 0 Å². The molecule has 28 heavy (non-hydrogen) atoms. The van der Waals surface area contributed by atoms with Crippen molar-refractivity contribution in [2.75, 3.05) is 33.7 Å². The predicted molar refractivity (Wildman–Crippen MR) is 104 cm³/mol. The van der Waals surface area contributed by atoms with Crippen molar-refractivity contribution in [2.45, 2.75) is 25.9 Å². The van der Waals surface area contributed by atoms with Crippen LogP contribution in [0.3, 0.4) is 0 Å². The number of likely N-dealkylation sites (N-methyl/N-ethyl adjacent to an activating group) is 1. The number of fused-ring (bicyclic) bond motifs is 1. The molecule has 3 N–H and O–H groups in total. The molecule has 6 nitrogen and oxygen atoms in total. The van der Waals surface area contributed by atoms with E-state index < -0.39 is 18.6 Å². The third kappa shape index (κ3) is 5.90. The van der Waals surface area contributed by atoms with Crippen molar-refractivity contribution in [1.82, 2.24) is 20.5 Å². The number of alkyl halides is 3. The van der Waals surface area contributed by atoms with E-state index in [0.29, 0.717) is 17.4 Å². The number of nitrogens with one attached hydrogen (secondary N) is 3. The van der Waals surface area contributed by atoms with Crippen molar-refractivity contribution in [3.63, 3.8) is 0 Å². The smallest absolute Gasteiger partial charge is 0.361 e. The summed E-state index contributed by atoms with van der Waals surface area (Å²) in [7, 11) is 2.66. The summed E-state index contributed by atoms with van der Waals surface area (Å²) in [5.41, 5.74) is 3.56. The van der Waals surface area contributed by atoms with Gasteiger partial charge >= 0.3 is 6.18 Å². The summed E-state index contributed by atoms with van der Waals surface area (Å²) in [5.74, 6) is -0.299. The van der Waals surface area contributed by atoms with Gasteiger partial charge < -0.3 is 20.5 Å². The molecular weight excluding hydrogens is 371 g/mol. The van der Waals surface area contributed by atoms with E-state index >= 15 is 0 Å². The van der Waals surface area contributed by atoms with Gasteiger partial charge in [0.25, 0.3) is 0 Å². The molecule has 1 aromatic carbocycles. The maximum Gasteiger partial charge on any atom is 0.406 e. The molecule has 2 aromatic rings. The second kappa shape index (κ2) is 9.48. The molecule has 0 saturated carbocycles. The first-order chi connectivity index (χ1) is 13.2.